The maximum Gasteiger partial charge on any atom is 0.162 e. The second kappa shape index (κ2) is 32.6. The van der Waals surface area contributed by atoms with E-state index in [4.69, 9.17) is 39.4 Å². The van der Waals surface area contributed by atoms with Gasteiger partial charge in [0.05, 0.1) is 51.3 Å². The minimum absolute atomic E-state index is 0.0417. The highest BCUT2D eigenvalue weighted by molar-refractivity contribution is 4.96. The molecule has 1 rings (SSSR count). The molecule has 0 aromatic carbocycles. The number of allylic oxidation sites excluding steroid dienone is 8. The van der Waals surface area contributed by atoms with Crippen molar-refractivity contribution in [2.45, 2.75) is 187 Å². The van der Waals surface area contributed by atoms with E-state index in [1.165, 1.54) is 22.3 Å². The molecule has 8 nitrogen and oxygen atoms in total. The lowest BCUT2D eigenvalue weighted by atomic mass is 9.86. The molecule has 0 amide bonds. The minimum atomic E-state index is -0.393. The summed E-state index contributed by atoms with van der Waals surface area (Å²) in [5, 5.41) is 35.9. The van der Waals surface area contributed by atoms with Gasteiger partial charge in [0, 0.05) is 30.5 Å². The number of methoxy groups -OCH3 is 2. The molecule has 0 saturated carbocycles. The van der Waals surface area contributed by atoms with E-state index in [-0.39, 0.29) is 48.3 Å². The Balaban J connectivity index is -0.000000303. The van der Waals surface area contributed by atoms with E-state index in [0.717, 1.165) is 64.6 Å². The second-order valence-electron chi connectivity index (χ2n) is 18.7. The van der Waals surface area contributed by atoms with Crippen molar-refractivity contribution in [3.05, 3.63) is 46.6 Å². The first kappa shape index (κ1) is 60.3. The standard InChI is InChI=1S/C13H24O2.2C10H20O2.C9H18O.C5H12O/c1-11(2)7-6-8-13(5)9-14-12(3,4)15-10-13;2*1-9(2)5-4-6-10(3,7-11)8-12;1-8(2)6-5-7-9(3)10-4;1-5(2,3)6-4/h7H,6,8-10H2,1-5H3;2*5,11-12H,4,6-8H2,1-3H3;6,9H,5,7H2,1-4H3;1-4H3. The predicted molar refractivity (Wildman–Crippen MR) is 237 cm³/mol. The molecule has 0 aromatic heterocycles. The molecule has 0 aromatic rings. The lowest BCUT2D eigenvalue weighted by Crippen LogP contribution is -2.44. The van der Waals surface area contributed by atoms with Crippen molar-refractivity contribution >= 4 is 0 Å². The summed E-state index contributed by atoms with van der Waals surface area (Å²) >= 11 is 0. The van der Waals surface area contributed by atoms with Gasteiger partial charge in [0.15, 0.2) is 5.79 Å². The smallest absolute Gasteiger partial charge is 0.162 e. The van der Waals surface area contributed by atoms with Crippen LogP contribution >= 0.6 is 0 Å². The fraction of sp³-hybridized carbons (Fsp3) is 0.830. The van der Waals surface area contributed by atoms with Gasteiger partial charge in [-0.1, -0.05) is 67.4 Å². The molecule has 1 aliphatic heterocycles. The van der Waals surface area contributed by atoms with Crippen molar-refractivity contribution in [2.24, 2.45) is 16.2 Å². The van der Waals surface area contributed by atoms with Gasteiger partial charge >= 0.3 is 0 Å². The van der Waals surface area contributed by atoms with E-state index in [2.05, 4.69) is 93.5 Å². The maximum atomic E-state index is 8.97. The fourth-order valence-electron chi connectivity index (χ4n) is 4.19. The summed E-state index contributed by atoms with van der Waals surface area (Å²) in [5.41, 5.74) is 4.95. The van der Waals surface area contributed by atoms with Crippen LogP contribution in [-0.2, 0) is 18.9 Å². The average molecular weight is 787 g/mol. The third-order valence-electron chi connectivity index (χ3n) is 9.11. The van der Waals surface area contributed by atoms with Crippen molar-refractivity contribution in [1.82, 2.24) is 0 Å². The molecule has 1 fully saturated rings. The van der Waals surface area contributed by atoms with Crippen molar-refractivity contribution in [3.8, 4) is 0 Å². The molecule has 0 spiro atoms. The van der Waals surface area contributed by atoms with Crippen LogP contribution in [0.4, 0.5) is 0 Å². The van der Waals surface area contributed by atoms with Gasteiger partial charge in [-0.15, -0.1) is 0 Å². The first-order valence-electron chi connectivity index (χ1n) is 20.5. The molecule has 1 saturated heterocycles. The maximum absolute atomic E-state index is 8.97. The number of aliphatic hydroxyl groups excluding tert-OH is 4. The summed E-state index contributed by atoms with van der Waals surface area (Å²) in [6, 6.07) is 0. The van der Waals surface area contributed by atoms with Gasteiger partial charge < -0.3 is 39.4 Å². The van der Waals surface area contributed by atoms with E-state index in [9.17, 15) is 0 Å². The van der Waals surface area contributed by atoms with Crippen LogP contribution in [0, 0.1) is 16.2 Å². The van der Waals surface area contributed by atoms with Crippen LogP contribution in [0.25, 0.3) is 0 Å². The molecule has 330 valence electrons. The number of rotatable bonds is 17. The van der Waals surface area contributed by atoms with E-state index < -0.39 is 5.79 Å². The summed E-state index contributed by atoms with van der Waals surface area (Å²) in [6.07, 6.45) is 17.2. The minimum Gasteiger partial charge on any atom is -0.396 e. The summed E-state index contributed by atoms with van der Waals surface area (Å²) in [4.78, 5) is 0. The van der Waals surface area contributed by atoms with Crippen molar-refractivity contribution < 1.29 is 39.4 Å². The molecule has 1 aliphatic rings. The first-order chi connectivity index (χ1) is 25.1. The Morgan fingerprint density at radius 2 is 0.909 bits per heavy atom. The van der Waals surface area contributed by atoms with E-state index in [1.54, 1.807) is 14.2 Å². The first-order valence-corrected chi connectivity index (χ1v) is 20.5. The lowest BCUT2D eigenvalue weighted by Gasteiger charge is -2.41. The average Bonchev–Trinajstić information content (AvgIpc) is 3.09. The molecule has 0 aliphatic carbocycles. The zero-order chi connectivity index (χ0) is 43.9. The van der Waals surface area contributed by atoms with E-state index in [0.29, 0.717) is 6.10 Å². The second-order valence-corrected chi connectivity index (χ2v) is 18.7. The highest BCUT2D eigenvalue weighted by Gasteiger charge is 2.35. The molecular weight excluding hydrogens is 693 g/mol. The molecule has 1 heterocycles. The Morgan fingerprint density at radius 1 is 0.600 bits per heavy atom. The van der Waals surface area contributed by atoms with Crippen LogP contribution in [0.5, 0.6) is 0 Å². The highest BCUT2D eigenvalue weighted by atomic mass is 16.7. The molecule has 55 heavy (non-hydrogen) atoms. The fourth-order valence-corrected chi connectivity index (χ4v) is 4.19. The quantitative estimate of drug-likeness (QED) is 0.108. The van der Waals surface area contributed by atoms with E-state index in [1.807, 2.05) is 48.5 Å². The molecule has 1 atom stereocenters. The Labute approximate surface area is 341 Å². The van der Waals surface area contributed by atoms with Crippen LogP contribution in [-0.4, -0.2) is 91.8 Å². The number of aliphatic hydroxyl groups is 4. The van der Waals surface area contributed by atoms with Gasteiger partial charge in [-0.2, -0.15) is 0 Å². The van der Waals surface area contributed by atoms with Gasteiger partial charge in [0.1, 0.15) is 0 Å². The molecule has 1 unspecified atom stereocenters. The highest BCUT2D eigenvalue weighted by Crippen LogP contribution is 2.33. The van der Waals surface area contributed by atoms with Crippen LogP contribution in [0.1, 0.15) is 169 Å². The van der Waals surface area contributed by atoms with Gasteiger partial charge in [-0.25, -0.2) is 0 Å². The zero-order valence-corrected chi connectivity index (χ0v) is 39.7. The molecule has 0 bridgehead atoms. The number of hydrogen-bond acceptors (Lipinski definition) is 8. The van der Waals surface area contributed by atoms with Crippen LogP contribution < -0.4 is 0 Å². The molecule has 4 N–H and O–H groups in total. The summed E-state index contributed by atoms with van der Waals surface area (Å²) in [5.74, 6) is -0.393. The Hall–Kier alpha value is -1.36. The Bertz CT molecular complexity index is 978. The summed E-state index contributed by atoms with van der Waals surface area (Å²) in [7, 11) is 3.47. The molecular formula is C47H94O8. The third kappa shape index (κ3) is 42.1. The van der Waals surface area contributed by atoms with Gasteiger partial charge in [0.2, 0.25) is 0 Å². The number of ether oxygens (including phenoxy) is 4. The van der Waals surface area contributed by atoms with Crippen LogP contribution in [0.15, 0.2) is 46.6 Å². The zero-order valence-electron chi connectivity index (χ0n) is 39.7. The molecule has 8 heteroatoms. The van der Waals surface area contributed by atoms with Crippen LogP contribution in [0.2, 0.25) is 0 Å². The monoisotopic (exact) mass is 787 g/mol. The number of hydrogen-bond donors (Lipinski definition) is 4. The topological polar surface area (TPSA) is 118 Å². The summed E-state index contributed by atoms with van der Waals surface area (Å²) in [6.45, 7) is 36.7. The largest absolute Gasteiger partial charge is 0.396 e. The lowest BCUT2D eigenvalue weighted by molar-refractivity contribution is -0.283. The predicted octanol–water partition coefficient (Wildman–Crippen LogP) is 11.2. The van der Waals surface area contributed by atoms with Crippen molar-refractivity contribution in [1.29, 1.82) is 0 Å². The van der Waals surface area contributed by atoms with Gasteiger partial charge in [0.25, 0.3) is 0 Å². The third-order valence-corrected chi connectivity index (χ3v) is 9.11. The van der Waals surface area contributed by atoms with Crippen LogP contribution in [0.3, 0.4) is 0 Å². The van der Waals surface area contributed by atoms with Crippen molar-refractivity contribution in [3.63, 3.8) is 0 Å². The Morgan fingerprint density at radius 3 is 1.18 bits per heavy atom. The van der Waals surface area contributed by atoms with Gasteiger partial charge in [-0.05, 0) is 148 Å². The van der Waals surface area contributed by atoms with Crippen molar-refractivity contribution in [2.75, 3.05) is 53.9 Å². The SMILES string of the molecule is CC(C)=CCCC(C)(CO)CO.CC(C)=CCCC(C)(CO)CO.CC(C)=CCCC1(C)COC(C)(C)OC1.COC(C)(C)C.COC(C)CCC=C(C)C. The molecule has 0 radical (unpaired) electrons. The van der Waals surface area contributed by atoms with Gasteiger partial charge in [-0.3, -0.25) is 0 Å². The Kier molecular flexibility index (Phi) is 35.7. The normalized spacial score (nSPS) is 15.0. The van der Waals surface area contributed by atoms with E-state index >= 15 is 0 Å². The summed E-state index contributed by atoms with van der Waals surface area (Å²) < 4.78 is 21.4.